The SMILES string of the molecule is CC(C)CCCC(=O)C(C)CCCC(C)N. The van der Waals surface area contributed by atoms with Crippen molar-refractivity contribution < 1.29 is 4.79 Å². The molecule has 0 saturated heterocycles. The first-order chi connectivity index (χ1) is 7.43. The molecule has 0 aliphatic carbocycles. The maximum Gasteiger partial charge on any atom is 0.135 e. The second-order valence-electron chi connectivity index (χ2n) is 5.56. The minimum Gasteiger partial charge on any atom is -0.328 e. The van der Waals surface area contributed by atoms with E-state index in [1.54, 1.807) is 0 Å². The summed E-state index contributed by atoms with van der Waals surface area (Å²) in [6, 6.07) is 0.267. The van der Waals surface area contributed by atoms with E-state index < -0.39 is 0 Å². The first kappa shape index (κ1) is 15.6. The number of rotatable bonds is 9. The van der Waals surface area contributed by atoms with Crippen molar-refractivity contribution >= 4 is 5.78 Å². The predicted octanol–water partition coefficient (Wildman–Crippen LogP) is 3.54. The minimum absolute atomic E-state index is 0.228. The number of ketones is 1. The average molecular weight is 227 g/mol. The number of carbonyl (C=O) groups excluding carboxylic acids is 1. The first-order valence-electron chi connectivity index (χ1n) is 6.71. The maximum atomic E-state index is 11.8. The molecule has 0 amide bonds. The van der Waals surface area contributed by atoms with Gasteiger partial charge in [-0.3, -0.25) is 4.79 Å². The molecule has 16 heavy (non-hydrogen) atoms. The van der Waals surface area contributed by atoms with Crippen molar-refractivity contribution in [3.63, 3.8) is 0 Å². The molecule has 0 saturated carbocycles. The van der Waals surface area contributed by atoms with Gasteiger partial charge in [0.05, 0.1) is 0 Å². The molecule has 0 bridgehead atoms. The third-order valence-corrected chi connectivity index (χ3v) is 3.05. The molecule has 0 spiro atoms. The largest absolute Gasteiger partial charge is 0.328 e. The van der Waals surface area contributed by atoms with Gasteiger partial charge in [0.25, 0.3) is 0 Å². The fourth-order valence-electron chi connectivity index (χ4n) is 1.84. The zero-order valence-corrected chi connectivity index (χ0v) is 11.5. The second-order valence-corrected chi connectivity index (χ2v) is 5.56. The van der Waals surface area contributed by atoms with Crippen LogP contribution in [0.15, 0.2) is 0 Å². The van der Waals surface area contributed by atoms with Crippen LogP contribution in [0.2, 0.25) is 0 Å². The molecule has 0 aliphatic rings. The quantitative estimate of drug-likeness (QED) is 0.654. The van der Waals surface area contributed by atoms with E-state index in [9.17, 15) is 4.79 Å². The van der Waals surface area contributed by atoms with Crippen molar-refractivity contribution in [1.29, 1.82) is 0 Å². The molecule has 0 aliphatic heterocycles. The lowest BCUT2D eigenvalue weighted by molar-refractivity contribution is -0.122. The standard InChI is InChI=1S/C14H29NO/c1-11(2)7-5-10-14(16)12(3)8-6-9-13(4)15/h11-13H,5-10,15H2,1-4H3. The fraction of sp³-hybridized carbons (Fsp3) is 0.929. The van der Waals surface area contributed by atoms with Crippen molar-refractivity contribution in [2.24, 2.45) is 17.6 Å². The molecule has 0 fully saturated rings. The Hall–Kier alpha value is -0.370. The van der Waals surface area contributed by atoms with E-state index in [0.29, 0.717) is 11.7 Å². The number of carbonyl (C=O) groups is 1. The van der Waals surface area contributed by atoms with E-state index in [2.05, 4.69) is 20.8 Å². The van der Waals surface area contributed by atoms with Crippen LogP contribution in [-0.2, 0) is 4.79 Å². The Bertz CT molecular complexity index is 187. The Morgan fingerprint density at radius 2 is 1.62 bits per heavy atom. The van der Waals surface area contributed by atoms with Crippen molar-refractivity contribution in [2.45, 2.75) is 72.3 Å². The molecule has 0 heterocycles. The molecule has 0 aromatic carbocycles. The lowest BCUT2D eigenvalue weighted by Gasteiger charge is -2.11. The highest BCUT2D eigenvalue weighted by Crippen LogP contribution is 2.15. The summed E-state index contributed by atoms with van der Waals surface area (Å²) < 4.78 is 0. The first-order valence-corrected chi connectivity index (χ1v) is 6.71. The molecule has 0 aromatic heterocycles. The van der Waals surface area contributed by atoms with Gasteiger partial charge in [-0.25, -0.2) is 0 Å². The zero-order chi connectivity index (χ0) is 12.6. The third kappa shape index (κ3) is 8.90. The normalized spacial score (nSPS) is 15.1. The van der Waals surface area contributed by atoms with Crippen LogP contribution in [0.1, 0.15) is 66.2 Å². The number of nitrogens with two attached hydrogens (primary N) is 1. The molecule has 96 valence electrons. The van der Waals surface area contributed by atoms with Gasteiger partial charge in [-0.2, -0.15) is 0 Å². The number of Topliss-reactive ketones (excluding diaryl/α,β-unsaturated/α-hetero) is 1. The van der Waals surface area contributed by atoms with Crippen LogP contribution in [0, 0.1) is 11.8 Å². The Kier molecular flexibility index (Phi) is 8.54. The van der Waals surface area contributed by atoms with E-state index in [1.807, 2.05) is 6.92 Å². The highest BCUT2D eigenvalue weighted by atomic mass is 16.1. The maximum absolute atomic E-state index is 11.8. The minimum atomic E-state index is 0.228. The van der Waals surface area contributed by atoms with Gasteiger partial charge in [-0.1, -0.05) is 33.6 Å². The summed E-state index contributed by atoms with van der Waals surface area (Å²) in [6.45, 7) is 8.49. The lowest BCUT2D eigenvalue weighted by Crippen LogP contribution is -2.16. The predicted molar refractivity (Wildman–Crippen MR) is 70.4 cm³/mol. The topological polar surface area (TPSA) is 43.1 Å². The second kappa shape index (κ2) is 8.74. The number of hydrogen-bond donors (Lipinski definition) is 1. The summed E-state index contributed by atoms with van der Waals surface area (Å²) >= 11 is 0. The van der Waals surface area contributed by atoms with Gasteiger partial charge in [-0.05, 0) is 32.1 Å². The summed E-state index contributed by atoms with van der Waals surface area (Å²) in [6.07, 6.45) is 6.09. The van der Waals surface area contributed by atoms with Crippen LogP contribution in [0.3, 0.4) is 0 Å². The Balaban J connectivity index is 3.57. The highest BCUT2D eigenvalue weighted by molar-refractivity contribution is 5.80. The van der Waals surface area contributed by atoms with E-state index in [0.717, 1.165) is 38.5 Å². The van der Waals surface area contributed by atoms with Crippen LogP contribution in [0.4, 0.5) is 0 Å². The summed E-state index contributed by atoms with van der Waals surface area (Å²) in [4.78, 5) is 11.8. The van der Waals surface area contributed by atoms with E-state index in [1.165, 1.54) is 0 Å². The molecule has 0 rings (SSSR count). The number of hydrogen-bond acceptors (Lipinski definition) is 2. The van der Waals surface area contributed by atoms with Crippen LogP contribution < -0.4 is 5.73 Å². The smallest absolute Gasteiger partial charge is 0.135 e. The summed E-state index contributed by atoms with van der Waals surface area (Å²) in [7, 11) is 0. The Morgan fingerprint density at radius 3 is 2.12 bits per heavy atom. The average Bonchev–Trinajstić information content (AvgIpc) is 2.16. The summed E-state index contributed by atoms with van der Waals surface area (Å²) in [5, 5.41) is 0. The van der Waals surface area contributed by atoms with Crippen LogP contribution in [0.25, 0.3) is 0 Å². The molecule has 2 heteroatoms. The van der Waals surface area contributed by atoms with Gasteiger partial charge in [0.1, 0.15) is 5.78 Å². The van der Waals surface area contributed by atoms with Gasteiger partial charge >= 0.3 is 0 Å². The molecule has 2 atom stereocenters. The van der Waals surface area contributed by atoms with Crippen molar-refractivity contribution in [2.75, 3.05) is 0 Å². The van der Waals surface area contributed by atoms with Gasteiger partial charge in [0.2, 0.25) is 0 Å². The Labute approximate surface area is 101 Å². The van der Waals surface area contributed by atoms with Gasteiger partial charge in [0.15, 0.2) is 0 Å². The van der Waals surface area contributed by atoms with Crippen LogP contribution >= 0.6 is 0 Å². The molecule has 0 radical (unpaired) electrons. The lowest BCUT2D eigenvalue weighted by atomic mass is 9.94. The van der Waals surface area contributed by atoms with Crippen molar-refractivity contribution in [1.82, 2.24) is 0 Å². The van der Waals surface area contributed by atoms with Gasteiger partial charge in [-0.15, -0.1) is 0 Å². The highest BCUT2D eigenvalue weighted by Gasteiger charge is 2.12. The molecule has 2 N–H and O–H groups in total. The van der Waals surface area contributed by atoms with E-state index in [-0.39, 0.29) is 12.0 Å². The van der Waals surface area contributed by atoms with Crippen molar-refractivity contribution in [3.8, 4) is 0 Å². The van der Waals surface area contributed by atoms with Crippen LogP contribution in [0.5, 0.6) is 0 Å². The third-order valence-electron chi connectivity index (χ3n) is 3.05. The fourth-order valence-corrected chi connectivity index (χ4v) is 1.84. The Morgan fingerprint density at radius 1 is 1.00 bits per heavy atom. The summed E-state index contributed by atoms with van der Waals surface area (Å²) in [5.74, 6) is 1.37. The molecule has 2 unspecified atom stereocenters. The zero-order valence-electron chi connectivity index (χ0n) is 11.5. The molecular formula is C14H29NO. The van der Waals surface area contributed by atoms with Gasteiger partial charge in [0, 0.05) is 18.4 Å². The molecular weight excluding hydrogens is 198 g/mol. The van der Waals surface area contributed by atoms with E-state index in [4.69, 9.17) is 5.73 Å². The van der Waals surface area contributed by atoms with Crippen molar-refractivity contribution in [3.05, 3.63) is 0 Å². The molecule has 2 nitrogen and oxygen atoms in total. The van der Waals surface area contributed by atoms with E-state index >= 15 is 0 Å². The molecule has 0 aromatic rings. The van der Waals surface area contributed by atoms with Crippen LogP contribution in [-0.4, -0.2) is 11.8 Å². The monoisotopic (exact) mass is 227 g/mol. The van der Waals surface area contributed by atoms with Gasteiger partial charge < -0.3 is 5.73 Å². The summed E-state index contributed by atoms with van der Waals surface area (Å²) in [5.41, 5.74) is 5.68.